The Morgan fingerprint density at radius 1 is 1.39 bits per heavy atom. The van der Waals surface area contributed by atoms with Gasteiger partial charge in [0.1, 0.15) is 17.0 Å². The summed E-state index contributed by atoms with van der Waals surface area (Å²) in [5.41, 5.74) is 1.32. The Kier molecular flexibility index (Phi) is 3.43. The van der Waals surface area contributed by atoms with Crippen LogP contribution in [0.1, 0.15) is 16.9 Å². The highest BCUT2D eigenvalue weighted by Gasteiger charge is 2.17. The minimum absolute atomic E-state index is 0.792. The normalized spacial score (nSPS) is 19.6. The highest BCUT2D eigenvalue weighted by molar-refractivity contribution is 7.99. The molecule has 0 amide bonds. The fourth-order valence-electron chi connectivity index (χ4n) is 2.30. The van der Waals surface area contributed by atoms with E-state index in [1.165, 1.54) is 33.8 Å². The molecule has 5 heteroatoms. The van der Waals surface area contributed by atoms with Gasteiger partial charge in [0.15, 0.2) is 0 Å². The summed E-state index contributed by atoms with van der Waals surface area (Å²) in [6.45, 7) is 5.35. The molecule has 96 valence electrons. The number of thiophene rings is 1. The van der Waals surface area contributed by atoms with Gasteiger partial charge in [-0.3, -0.25) is 0 Å². The topological polar surface area (TPSA) is 37.8 Å². The molecule has 18 heavy (non-hydrogen) atoms. The van der Waals surface area contributed by atoms with Gasteiger partial charge in [-0.2, -0.15) is 11.8 Å². The molecule has 1 aliphatic rings. The molecule has 2 aromatic heterocycles. The molecule has 1 atom stereocenters. The molecule has 0 radical (unpaired) electrons. The highest BCUT2D eigenvalue weighted by atomic mass is 32.2. The van der Waals surface area contributed by atoms with Crippen LogP contribution in [-0.2, 0) is 0 Å². The molecule has 2 aromatic rings. The minimum atomic E-state index is 0.792. The summed E-state index contributed by atoms with van der Waals surface area (Å²) in [6, 6.07) is 0. The molecule has 1 aliphatic heterocycles. The van der Waals surface area contributed by atoms with Gasteiger partial charge in [0, 0.05) is 11.4 Å². The Bertz CT molecular complexity index is 559. The van der Waals surface area contributed by atoms with Crippen LogP contribution in [-0.4, -0.2) is 28.0 Å². The number of aryl methyl sites for hydroxylation is 2. The molecule has 3 nitrogen and oxygen atoms in total. The van der Waals surface area contributed by atoms with E-state index in [0.717, 1.165) is 23.1 Å². The zero-order valence-corrected chi connectivity index (χ0v) is 12.3. The summed E-state index contributed by atoms with van der Waals surface area (Å²) in [6.07, 6.45) is 3.00. The number of rotatable bonds is 3. The third kappa shape index (κ3) is 2.21. The molecule has 0 aliphatic carbocycles. The van der Waals surface area contributed by atoms with Crippen molar-refractivity contribution in [2.45, 2.75) is 20.3 Å². The fraction of sp³-hybridized carbons (Fsp3) is 0.538. The molecule has 0 spiro atoms. The lowest BCUT2D eigenvalue weighted by Gasteiger charge is -2.11. The van der Waals surface area contributed by atoms with E-state index in [-0.39, 0.29) is 0 Å². The van der Waals surface area contributed by atoms with Crippen LogP contribution in [0.5, 0.6) is 0 Å². The molecule has 0 saturated carbocycles. The van der Waals surface area contributed by atoms with E-state index in [0.29, 0.717) is 0 Å². The minimum Gasteiger partial charge on any atom is -0.369 e. The van der Waals surface area contributed by atoms with Gasteiger partial charge in [-0.15, -0.1) is 11.3 Å². The standard InChI is InChI=1S/C13H17N3S2/c1-8-9(2)18-13-11(8)12(15-7-16-13)14-5-10-3-4-17-6-10/h7,10H,3-6H2,1-2H3,(H,14,15,16). The summed E-state index contributed by atoms with van der Waals surface area (Å²) >= 11 is 3.81. The van der Waals surface area contributed by atoms with E-state index in [9.17, 15) is 0 Å². The van der Waals surface area contributed by atoms with E-state index in [1.807, 2.05) is 0 Å². The zero-order chi connectivity index (χ0) is 12.5. The number of anilines is 1. The van der Waals surface area contributed by atoms with Gasteiger partial charge in [0.25, 0.3) is 0 Å². The summed E-state index contributed by atoms with van der Waals surface area (Å²) in [5.74, 6) is 4.39. The molecule has 1 N–H and O–H groups in total. The molecule has 1 saturated heterocycles. The van der Waals surface area contributed by atoms with Crippen LogP contribution < -0.4 is 5.32 Å². The zero-order valence-electron chi connectivity index (χ0n) is 10.7. The Balaban J connectivity index is 1.86. The number of aromatic nitrogens is 2. The van der Waals surface area contributed by atoms with Crippen LogP contribution in [0.4, 0.5) is 5.82 Å². The molecule has 0 bridgehead atoms. The Morgan fingerprint density at radius 2 is 2.28 bits per heavy atom. The first-order valence-corrected chi connectivity index (χ1v) is 8.25. The predicted octanol–water partition coefficient (Wildman–Crippen LogP) is 3.47. The van der Waals surface area contributed by atoms with Crippen molar-refractivity contribution in [2.75, 3.05) is 23.4 Å². The lowest BCUT2D eigenvalue weighted by Crippen LogP contribution is -2.14. The van der Waals surface area contributed by atoms with Crippen molar-refractivity contribution in [1.29, 1.82) is 0 Å². The highest BCUT2D eigenvalue weighted by Crippen LogP contribution is 2.33. The van der Waals surface area contributed by atoms with Crippen LogP contribution in [0.15, 0.2) is 6.33 Å². The number of thioether (sulfide) groups is 1. The van der Waals surface area contributed by atoms with Crippen LogP contribution in [0.25, 0.3) is 10.2 Å². The van der Waals surface area contributed by atoms with E-state index >= 15 is 0 Å². The average molecular weight is 279 g/mol. The van der Waals surface area contributed by atoms with E-state index in [2.05, 4.69) is 40.9 Å². The molecule has 0 aromatic carbocycles. The van der Waals surface area contributed by atoms with E-state index in [4.69, 9.17) is 0 Å². The van der Waals surface area contributed by atoms with Crippen LogP contribution >= 0.6 is 23.1 Å². The van der Waals surface area contributed by atoms with Crippen LogP contribution in [0.2, 0.25) is 0 Å². The second-order valence-electron chi connectivity index (χ2n) is 4.80. The number of nitrogens with one attached hydrogen (secondary N) is 1. The predicted molar refractivity (Wildman–Crippen MR) is 80.8 cm³/mol. The van der Waals surface area contributed by atoms with Crippen molar-refractivity contribution >= 4 is 39.1 Å². The molecule has 3 heterocycles. The van der Waals surface area contributed by atoms with E-state index < -0.39 is 0 Å². The molecule has 1 fully saturated rings. The Hall–Kier alpha value is -0.810. The maximum atomic E-state index is 4.42. The Morgan fingerprint density at radius 3 is 3.06 bits per heavy atom. The number of nitrogens with zero attached hydrogens (tertiary/aromatic N) is 2. The number of fused-ring (bicyclic) bond motifs is 1. The smallest absolute Gasteiger partial charge is 0.138 e. The van der Waals surface area contributed by atoms with Gasteiger partial charge >= 0.3 is 0 Å². The van der Waals surface area contributed by atoms with Crippen molar-refractivity contribution in [2.24, 2.45) is 5.92 Å². The maximum Gasteiger partial charge on any atom is 0.138 e. The van der Waals surface area contributed by atoms with Crippen molar-refractivity contribution in [3.63, 3.8) is 0 Å². The van der Waals surface area contributed by atoms with Crippen molar-refractivity contribution in [1.82, 2.24) is 9.97 Å². The quantitative estimate of drug-likeness (QED) is 0.933. The van der Waals surface area contributed by atoms with Gasteiger partial charge in [-0.05, 0) is 43.3 Å². The van der Waals surface area contributed by atoms with Crippen molar-refractivity contribution < 1.29 is 0 Å². The first kappa shape index (κ1) is 12.2. The Labute approximate surface area is 115 Å². The lowest BCUT2D eigenvalue weighted by atomic mass is 10.1. The third-order valence-corrected chi connectivity index (χ3v) is 5.89. The summed E-state index contributed by atoms with van der Waals surface area (Å²) in [7, 11) is 0. The average Bonchev–Trinajstić information content (AvgIpc) is 2.97. The summed E-state index contributed by atoms with van der Waals surface area (Å²) in [5, 5.41) is 4.74. The first-order chi connectivity index (χ1) is 8.75. The maximum absolute atomic E-state index is 4.42. The van der Waals surface area contributed by atoms with Crippen LogP contribution in [0, 0.1) is 19.8 Å². The largest absolute Gasteiger partial charge is 0.369 e. The molecule has 1 unspecified atom stereocenters. The van der Waals surface area contributed by atoms with Gasteiger partial charge in [-0.1, -0.05) is 0 Å². The monoisotopic (exact) mass is 279 g/mol. The van der Waals surface area contributed by atoms with Crippen molar-refractivity contribution in [3.8, 4) is 0 Å². The van der Waals surface area contributed by atoms with Gasteiger partial charge < -0.3 is 5.32 Å². The fourth-order valence-corrected chi connectivity index (χ4v) is 4.58. The lowest BCUT2D eigenvalue weighted by molar-refractivity contribution is 0.631. The van der Waals surface area contributed by atoms with Gasteiger partial charge in [0.05, 0.1) is 5.39 Å². The number of hydrogen-bond donors (Lipinski definition) is 1. The number of hydrogen-bond acceptors (Lipinski definition) is 5. The summed E-state index contributed by atoms with van der Waals surface area (Å²) in [4.78, 5) is 11.2. The molecular weight excluding hydrogens is 262 g/mol. The third-order valence-electron chi connectivity index (χ3n) is 3.55. The van der Waals surface area contributed by atoms with Crippen LogP contribution in [0.3, 0.4) is 0 Å². The second kappa shape index (κ2) is 5.05. The van der Waals surface area contributed by atoms with Gasteiger partial charge in [-0.25, -0.2) is 9.97 Å². The first-order valence-electron chi connectivity index (χ1n) is 6.28. The second-order valence-corrected chi connectivity index (χ2v) is 7.15. The van der Waals surface area contributed by atoms with E-state index in [1.54, 1.807) is 17.7 Å². The SMILES string of the molecule is Cc1sc2ncnc(NCC3CCSC3)c2c1C. The summed E-state index contributed by atoms with van der Waals surface area (Å²) < 4.78 is 0. The molecule has 3 rings (SSSR count). The van der Waals surface area contributed by atoms with Crippen molar-refractivity contribution in [3.05, 3.63) is 16.8 Å². The van der Waals surface area contributed by atoms with Gasteiger partial charge in [0.2, 0.25) is 0 Å². The molecular formula is C13H17N3S2.